The number of amides is 2. The molecule has 0 bridgehead atoms. The Morgan fingerprint density at radius 2 is 1.73 bits per heavy atom. The molecule has 0 radical (unpaired) electrons. The number of rotatable bonds is 4. The van der Waals surface area contributed by atoms with E-state index in [0.29, 0.717) is 30.1 Å². The minimum Gasteiger partial charge on any atom is -0.482 e. The van der Waals surface area contributed by atoms with Gasteiger partial charge in [0.1, 0.15) is 12.3 Å². The van der Waals surface area contributed by atoms with Gasteiger partial charge in [0.15, 0.2) is 12.4 Å². The summed E-state index contributed by atoms with van der Waals surface area (Å²) in [7, 11) is 0. The molecule has 0 aliphatic carbocycles. The molecule has 2 heterocycles. The van der Waals surface area contributed by atoms with Crippen LogP contribution in [0.1, 0.15) is 22.8 Å². The van der Waals surface area contributed by atoms with Crippen LogP contribution in [0, 0.1) is 6.92 Å². The van der Waals surface area contributed by atoms with Crippen molar-refractivity contribution in [1.82, 2.24) is 4.90 Å². The van der Waals surface area contributed by atoms with E-state index in [2.05, 4.69) is 24.0 Å². The average molecular weight is 407 g/mol. The first kappa shape index (κ1) is 19.9. The van der Waals surface area contributed by atoms with Gasteiger partial charge in [0, 0.05) is 37.4 Å². The molecule has 0 spiro atoms. The van der Waals surface area contributed by atoms with E-state index in [-0.39, 0.29) is 30.7 Å². The first-order valence-electron chi connectivity index (χ1n) is 10.1. The largest absolute Gasteiger partial charge is 0.482 e. The molecule has 1 fully saturated rings. The van der Waals surface area contributed by atoms with Gasteiger partial charge in [0.05, 0.1) is 5.69 Å². The third-order valence-electron chi connectivity index (χ3n) is 5.69. The maximum atomic E-state index is 13.0. The van der Waals surface area contributed by atoms with E-state index in [1.54, 1.807) is 23.1 Å². The predicted octanol–water partition coefficient (Wildman–Crippen LogP) is 2.27. The van der Waals surface area contributed by atoms with Crippen molar-refractivity contribution in [3.05, 3.63) is 53.6 Å². The van der Waals surface area contributed by atoms with Gasteiger partial charge in [-0.2, -0.15) is 0 Å². The highest BCUT2D eigenvalue weighted by molar-refractivity contribution is 6.04. The summed E-state index contributed by atoms with van der Waals surface area (Å²) >= 11 is 0. The van der Waals surface area contributed by atoms with Crippen LogP contribution in [0.2, 0.25) is 0 Å². The van der Waals surface area contributed by atoms with Gasteiger partial charge >= 0.3 is 0 Å². The Labute approximate surface area is 175 Å². The van der Waals surface area contributed by atoms with E-state index in [0.717, 1.165) is 13.1 Å². The lowest BCUT2D eigenvalue weighted by Gasteiger charge is -2.38. The molecule has 0 unspecified atom stereocenters. The van der Waals surface area contributed by atoms with Crippen LogP contribution >= 0.6 is 0 Å². The van der Waals surface area contributed by atoms with Gasteiger partial charge in [0.25, 0.3) is 5.91 Å². The monoisotopic (exact) mass is 407 g/mol. The second kappa shape index (κ2) is 8.18. The highest BCUT2D eigenvalue weighted by atomic mass is 16.5. The van der Waals surface area contributed by atoms with Crippen LogP contribution in [0.4, 0.5) is 11.4 Å². The van der Waals surface area contributed by atoms with E-state index in [4.69, 9.17) is 4.74 Å². The molecule has 2 aliphatic rings. The fraction of sp³-hybridized carbons (Fsp3) is 0.348. The number of ketones is 1. The number of hydrogen-bond acceptors (Lipinski definition) is 5. The molecule has 2 aromatic rings. The lowest BCUT2D eigenvalue weighted by molar-refractivity contribution is -0.132. The third-order valence-corrected chi connectivity index (χ3v) is 5.69. The number of para-hydroxylation sites is 1. The minimum atomic E-state index is -0.282. The van der Waals surface area contributed by atoms with Crippen LogP contribution in [0.15, 0.2) is 42.5 Å². The Kier molecular flexibility index (Phi) is 5.44. The van der Waals surface area contributed by atoms with Gasteiger partial charge in [-0.15, -0.1) is 0 Å². The molecule has 0 atom stereocenters. The highest BCUT2D eigenvalue weighted by Gasteiger charge is 2.30. The van der Waals surface area contributed by atoms with Crippen LogP contribution in [0.25, 0.3) is 0 Å². The van der Waals surface area contributed by atoms with Crippen molar-refractivity contribution in [2.75, 3.05) is 49.1 Å². The fourth-order valence-corrected chi connectivity index (χ4v) is 3.94. The summed E-state index contributed by atoms with van der Waals surface area (Å²) < 4.78 is 5.47. The lowest BCUT2D eigenvalue weighted by Crippen LogP contribution is -2.53. The number of nitrogens with zero attached hydrogens (tertiary/aromatic N) is 3. The van der Waals surface area contributed by atoms with Gasteiger partial charge in [-0.25, -0.2) is 0 Å². The molecule has 4 rings (SSSR count). The number of piperazine rings is 1. The second-order valence-electron chi connectivity index (χ2n) is 7.66. The summed E-state index contributed by atoms with van der Waals surface area (Å²) in [4.78, 5) is 42.7. The lowest BCUT2D eigenvalue weighted by atomic mass is 10.1. The topological polar surface area (TPSA) is 70.2 Å². The van der Waals surface area contributed by atoms with Gasteiger partial charge in [-0.1, -0.05) is 18.2 Å². The first-order chi connectivity index (χ1) is 14.4. The van der Waals surface area contributed by atoms with E-state index < -0.39 is 0 Å². The van der Waals surface area contributed by atoms with Crippen LogP contribution < -0.4 is 14.5 Å². The van der Waals surface area contributed by atoms with Crippen molar-refractivity contribution < 1.29 is 19.1 Å². The van der Waals surface area contributed by atoms with Crippen molar-refractivity contribution in [3.63, 3.8) is 0 Å². The smallest absolute Gasteiger partial charge is 0.265 e. The molecule has 7 nitrogen and oxygen atoms in total. The van der Waals surface area contributed by atoms with Crippen molar-refractivity contribution in [3.8, 4) is 5.75 Å². The molecular formula is C23H25N3O4. The summed E-state index contributed by atoms with van der Waals surface area (Å²) in [5.41, 5.74) is 3.37. The minimum absolute atomic E-state index is 0.0546. The number of ether oxygens (including phenoxy) is 1. The van der Waals surface area contributed by atoms with Crippen molar-refractivity contribution >= 4 is 29.0 Å². The number of carbonyl (C=O) groups is 3. The van der Waals surface area contributed by atoms with E-state index in [9.17, 15) is 14.4 Å². The van der Waals surface area contributed by atoms with Crippen molar-refractivity contribution in [2.45, 2.75) is 13.8 Å². The average Bonchev–Trinajstić information content (AvgIpc) is 2.75. The van der Waals surface area contributed by atoms with Gasteiger partial charge in [-0.3, -0.25) is 19.3 Å². The normalized spacial score (nSPS) is 16.2. The number of Topliss-reactive ketones (excluding diaryl/α,β-unsaturated/α-hetero) is 1. The first-order valence-corrected chi connectivity index (χ1v) is 10.1. The summed E-state index contributed by atoms with van der Waals surface area (Å²) in [6.45, 7) is 6.09. The molecule has 7 heteroatoms. The van der Waals surface area contributed by atoms with Crippen LogP contribution in [0.5, 0.6) is 5.75 Å². The third kappa shape index (κ3) is 3.87. The van der Waals surface area contributed by atoms with E-state index in [1.807, 2.05) is 12.1 Å². The Morgan fingerprint density at radius 1 is 1.00 bits per heavy atom. The van der Waals surface area contributed by atoms with Crippen LogP contribution in [0.3, 0.4) is 0 Å². The molecule has 0 N–H and O–H groups in total. The molecule has 156 valence electrons. The zero-order valence-corrected chi connectivity index (χ0v) is 17.3. The maximum Gasteiger partial charge on any atom is 0.265 e. The molecular weight excluding hydrogens is 382 g/mol. The molecule has 0 saturated carbocycles. The summed E-state index contributed by atoms with van der Waals surface area (Å²) in [5, 5.41) is 0. The van der Waals surface area contributed by atoms with Gasteiger partial charge in [-0.05, 0) is 43.7 Å². The van der Waals surface area contributed by atoms with Crippen LogP contribution in [-0.2, 0) is 9.59 Å². The number of carbonyl (C=O) groups excluding carboxylic acids is 3. The Morgan fingerprint density at radius 3 is 2.43 bits per heavy atom. The zero-order valence-electron chi connectivity index (χ0n) is 17.3. The SMILES string of the molecule is CC(=O)c1ccc2c(c1)N(CC(=O)N1CCN(c3ccccc3C)CC1)C(=O)CO2. The maximum absolute atomic E-state index is 13.0. The molecule has 2 amide bonds. The van der Waals surface area contributed by atoms with Crippen LogP contribution in [-0.4, -0.2) is 61.8 Å². The van der Waals surface area contributed by atoms with Gasteiger partial charge < -0.3 is 14.5 Å². The fourth-order valence-electron chi connectivity index (χ4n) is 3.94. The Bertz CT molecular complexity index is 996. The standard InChI is InChI=1S/C23H25N3O4/c1-16-5-3-4-6-19(16)24-9-11-25(12-10-24)22(28)14-26-20-13-18(17(2)27)7-8-21(20)30-15-23(26)29/h3-8,13H,9-12,14-15H2,1-2H3. The quantitative estimate of drug-likeness (QED) is 0.728. The number of aryl methyl sites for hydroxylation is 1. The molecule has 0 aromatic heterocycles. The van der Waals surface area contributed by atoms with E-state index >= 15 is 0 Å². The zero-order chi connectivity index (χ0) is 21.3. The number of fused-ring (bicyclic) bond motifs is 1. The van der Waals surface area contributed by atoms with E-state index in [1.165, 1.54) is 23.1 Å². The molecule has 1 saturated heterocycles. The number of benzene rings is 2. The Balaban J connectivity index is 1.45. The summed E-state index contributed by atoms with van der Waals surface area (Å²) in [6, 6.07) is 13.2. The number of anilines is 2. The second-order valence-corrected chi connectivity index (χ2v) is 7.66. The Hall–Kier alpha value is -3.35. The predicted molar refractivity (Wildman–Crippen MR) is 114 cm³/mol. The number of hydrogen-bond donors (Lipinski definition) is 0. The molecule has 30 heavy (non-hydrogen) atoms. The summed E-state index contributed by atoms with van der Waals surface area (Å²) in [6.07, 6.45) is 0. The molecule has 2 aliphatic heterocycles. The van der Waals surface area contributed by atoms with Crippen molar-refractivity contribution in [1.29, 1.82) is 0 Å². The highest BCUT2D eigenvalue weighted by Crippen LogP contribution is 2.33. The van der Waals surface area contributed by atoms with Gasteiger partial charge in [0.2, 0.25) is 5.91 Å². The summed E-state index contributed by atoms with van der Waals surface area (Å²) in [5.74, 6) is 0.0233. The molecule has 2 aromatic carbocycles. The van der Waals surface area contributed by atoms with Crippen molar-refractivity contribution in [2.24, 2.45) is 0 Å².